The monoisotopic (exact) mass is 398 g/mol. The Morgan fingerprint density at radius 2 is 1.71 bits per heavy atom. The van der Waals surface area contributed by atoms with Gasteiger partial charge in [-0.3, -0.25) is 0 Å². The van der Waals surface area contributed by atoms with Crippen LogP contribution < -0.4 is 16.4 Å². The second-order valence-electron chi connectivity index (χ2n) is 7.94. The van der Waals surface area contributed by atoms with Gasteiger partial charge in [-0.2, -0.15) is 18.2 Å². The Morgan fingerprint density at radius 3 is 2.25 bits per heavy atom. The summed E-state index contributed by atoms with van der Waals surface area (Å²) in [5.41, 5.74) is 3.90. The van der Waals surface area contributed by atoms with Gasteiger partial charge >= 0.3 is 6.18 Å². The van der Waals surface area contributed by atoms with Gasteiger partial charge < -0.3 is 16.4 Å². The quantitative estimate of drug-likeness (QED) is 0.709. The number of guanidine groups is 2. The van der Waals surface area contributed by atoms with Crippen LogP contribution in [-0.2, 0) is 11.8 Å². The fourth-order valence-corrected chi connectivity index (χ4v) is 2.86. The van der Waals surface area contributed by atoms with Crippen LogP contribution in [0.3, 0.4) is 0 Å². The number of aliphatic imine (C=N–C) groups is 2. The molecule has 9 heteroatoms. The average Bonchev–Trinajstić information content (AvgIpc) is 2.59. The van der Waals surface area contributed by atoms with Crippen LogP contribution in [0.5, 0.6) is 0 Å². The third-order valence-electron chi connectivity index (χ3n) is 5.28. The van der Waals surface area contributed by atoms with Gasteiger partial charge in [-0.05, 0) is 30.9 Å². The number of nitrogens with one attached hydrogen (secondary N) is 2. The second kappa shape index (κ2) is 7.97. The second-order valence-corrected chi connectivity index (χ2v) is 7.94. The van der Waals surface area contributed by atoms with Crippen LogP contribution in [0.2, 0.25) is 0 Å². The van der Waals surface area contributed by atoms with Crippen molar-refractivity contribution in [2.75, 3.05) is 0 Å². The first-order chi connectivity index (χ1) is 12.9. The van der Waals surface area contributed by atoms with Gasteiger partial charge in [0, 0.05) is 12.0 Å². The Kier molecular flexibility index (Phi) is 6.25. The molecule has 1 aromatic heterocycles. The summed E-state index contributed by atoms with van der Waals surface area (Å²) in [7, 11) is 0. The summed E-state index contributed by atoms with van der Waals surface area (Å²) in [5.74, 6) is 0.545. The van der Waals surface area contributed by atoms with Gasteiger partial charge in [0.25, 0.3) is 0 Å². The molecule has 28 heavy (non-hydrogen) atoms. The SMILES string of the molecule is CC(C)C(C)NC1=NC(N)=NC(c2cccc(C(F)(F)F)n2)(C(C)C(C)C)N1. The summed E-state index contributed by atoms with van der Waals surface area (Å²) in [5, 5.41) is 6.44. The van der Waals surface area contributed by atoms with Gasteiger partial charge in [0.1, 0.15) is 5.69 Å². The van der Waals surface area contributed by atoms with E-state index in [2.05, 4.69) is 39.4 Å². The summed E-state index contributed by atoms with van der Waals surface area (Å²) >= 11 is 0. The molecule has 6 nitrogen and oxygen atoms in total. The van der Waals surface area contributed by atoms with E-state index in [9.17, 15) is 13.2 Å². The molecule has 2 heterocycles. The fourth-order valence-electron chi connectivity index (χ4n) is 2.86. The van der Waals surface area contributed by atoms with E-state index in [4.69, 9.17) is 5.73 Å². The van der Waals surface area contributed by atoms with E-state index in [1.807, 2.05) is 27.7 Å². The van der Waals surface area contributed by atoms with E-state index in [-0.39, 0.29) is 29.5 Å². The molecule has 0 spiro atoms. The first kappa shape index (κ1) is 22.0. The van der Waals surface area contributed by atoms with Gasteiger partial charge in [0.05, 0.1) is 5.69 Å². The Labute approximate surface area is 163 Å². The van der Waals surface area contributed by atoms with Crippen LogP contribution in [0.1, 0.15) is 52.9 Å². The van der Waals surface area contributed by atoms with Crippen molar-refractivity contribution in [3.8, 4) is 0 Å². The normalized spacial score (nSPS) is 22.4. The van der Waals surface area contributed by atoms with Crippen LogP contribution in [0.4, 0.5) is 13.2 Å². The smallest absolute Gasteiger partial charge is 0.368 e. The number of alkyl halides is 3. The van der Waals surface area contributed by atoms with E-state index < -0.39 is 17.5 Å². The van der Waals surface area contributed by atoms with E-state index in [1.54, 1.807) is 0 Å². The molecule has 0 fully saturated rings. The van der Waals surface area contributed by atoms with E-state index in [0.717, 1.165) is 6.07 Å². The molecule has 1 aliphatic rings. The number of aromatic nitrogens is 1. The first-order valence-electron chi connectivity index (χ1n) is 9.40. The molecule has 0 aromatic carbocycles. The summed E-state index contributed by atoms with van der Waals surface area (Å²) in [4.78, 5) is 12.6. The lowest BCUT2D eigenvalue weighted by atomic mass is 9.82. The minimum Gasteiger partial charge on any atom is -0.368 e. The van der Waals surface area contributed by atoms with Crippen molar-refractivity contribution in [1.82, 2.24) is 15.6 Å². The van der Waals surface area contributed by atoms with Crippen LogP contribution in [0, 0.1) is 17.8 Å². The predicted molar refractivity (Wildman–Crippen MR) is 105 cm³/mol. The number of nitrogens with two attached hydrogens (primary N) is 1. The molecule has 0 saturated carbocycles. The largest absolute Gasteiger partial charge is 0.433 e. The first-order valence-corrected chi connectivity index (χ1v) is 9.40. The van der Waals surface area contributed by atoms with Crippen molar-refractivity contribution in [2.45, 2.75) is 59.4 Å². The lowest BCUT2D eigenvalue weighted by molar-refractivity contribution is -0.141. The van der Waals surface area contributed by atoms with Crippen LogP contribution in [-0.4, -0.2) is 22.9 Å². The molecular formula is C19H29F3N6. The maximum atomic E-state index is 13.3. The highest BCUT2D eigenvalue weighted by Gasteiger charge is 2.45. The zero-order chi connectivity index (χ0) is 21.3. The van der Waals surface area contributed by atoms with Crippen molar-refractivity contribution in [2.24, 2.45) is 33.5 Å². The number of nitrogens with zero attached hydrogens (tertiary/aromatic N) is 3. The van der Waals surface area contributed by atoms with Crippen LogP contribution in [0.25, 0.3) is 0 Å². The third-order valence-corrected chi connectivity index (χ3v) is 5.28. The highest BCUT2D eigenvalue weighted by atomic mass is 19.4. The van der Waals surface area contributed by atoms with Gasteiger partial charge in [-0.1, -0.05) is 40.7 Å². The van der Waals surface area contributed by atoms with E-state index in [0.29, 0.717) is 11.9 Å². The molecule has 156 valence electrons. The molecule has 2 rings (SSSR count). The Balaban J connectivity index is 2.56. The summed E-state index contributed by atoms with van der Waals surface area (Å²) < 4.78 is 39.8. The fraction of sp³-hybridized carbons (Fsp3) is 0.632. The summed E-state index contributed by atoms with van der Waals surface area (Å²) in [6, 6.07) is 3.88. The molecule has 1 aromatic rings. The molecule has 1 aliphatic heterocycles. The van der Waals surface area contributed by atoms with Crippen LogP contribution >= 0.6 is 0 Å². The molecule has 3 atom stereocenters. The predicted octanol–water partition coefficient (Wildman–Crippen LogP) is 3.45. The molecule has 3 unspecified atom stereocenters. The van der Waals surface area contributed by atoms with Crippen molar-refractivity contribution in [3.63, 3.8) is 0 Å². The lowest BCUT2D eigenvalue weighted by Gasteiger charge is -2.41. The van der Waals surface area contributed by atoms with Crippen molar-refractivity contribution < 1.29 is 13.2 Å². The highest BCUT2D eigenvalue weighted by molar-refractivity contribution is 5.96. The molecule has 0 saturated heterocycles. The molecule has 0 aliphatic carbocycles. The van der Waals surface area contributed by atoms with Crippen LogP contribution in [0.15, 0.2) is 28.2 Å². The van der Waals surface area contributed by atoms with Gasteiger partial charge in [-0.15, -0.1) is 0 Å². The van der Waals surface area contributed by atoms with E-state index >= 15 is 0 Å². The number of pyridine rings is 1. The third kappa shape index (κ3) is 4.56. The Bertz CT molecular complexity index is 756. The van der Waals surface area contributed by atoms with Gasteiger partial charge in [0.15, 0.2) is 5.66 Å². The maximum absolute atomic E-state index is 13.3. The van der Waals surface area contributed by atoms with Crippen molar-refractivity contribution >= 4 is 11.9 Å². The van der Waals surface area contributed by atoms with Gasteiger partial charge in [-0.25, -0.2) is 9.98 Å². The molecule has 4 N–H and O–H groups in total. The minimum absolute atomic E-state index is 0.0103. The summed E-state index contributed by atoms with van der Waals surface area (Å²) in [6.45, 7) is 12.0. The Morgan fingerprint density at radius 1 is 1.07 bits per heavy atom. The number of hydrogen-bond donors (Lipinski definition) is 3. The zero-order valence-corrected chi connectivity index (χ0v) is 17.1. The lowest BCUT2D eigenvalue weighted by Crippen LogP contribution is -2.59. The molecule has 0 radical (unpaired) electrons. The highest BCUT2D eigenvalue weighted by Crippen LogP contribution is 2.38. The average molecular weight is 398 g/mol. The topological polar surface area (TPSA) is 87.7 Å². The standard InChI is InChI=1S/C19H29F3N6/c1-10(2)12(5)18(14-8-7-9-15(25-14)19(20,21)22)27-16(23)26-17(28-18)24-13(6)11(3)4/h7-13H,1-6H3,(H4,23,24,26,27,28). The molecular weight excluding hydrogens is 369 g/mol. The number of rotatable bonds is 5. The van der Waals surface area contributed by atoms with Crippen molar-refractivity contribution in [3.05, 3.63) is 29.6 Å². The van der Waals surface area contributed by atoms with Crippen molar-refractivity contribution in [1.29, 1.82) is 0 Å². The minimum atomic E-state index is -4.55. The molecule has 0 bridgehead atoms. The number of halogens is 3. The Hall–Kier alpha value is -2.32. The summed E-state index contributed by atoms with van der Waals surface area (Å²) in [6.07, 6.45) is -4.55. The van der Waals surface area contributed by atoms with E-state index in [1.165, 1.54) is 12.1 Å². The van der Waals surface area contributed by atoms with Gasteiger partial charge in [0.2, 0.25) is 11.9 Å². The zero-order valence-electron chi connectivity index (χ0n) is 17.1. The molecule has 0 amide bonds. The number of hydrogen-bond acceptors (Lipinski definition) is 6. The maximum Gasteiger partial charge on any atom is 0.433 e.